The molecule has 1 aliphatic rings. The third-order valence-electron chi connectivity index (χ3n) is 5.45. The highest BCUT2D eigenvalue weighted by Crippen LogP contribution is 2.34. The Morgan fingerprint density at radius 2 is 1.52 bits per heavy atom. The molecular weight excluding hydrogens is 422 g/mol. The van der Waals surface area contributed by atoms with Crippen LogP contribution in [0.4, 0.5) is 26.3 Å². The summed E-state index contributed by atoms with van der Waals surface area (Å²) in [5, 5.41) is 0. The van der Waals surface area contributed by atoms with Crippen molar-refractivity contribution in [2.24, 2.45) is 5.92 Å². The van der Waals surface area contributed by atoms with Gasteiger partial charge in [-0.1, -0.05) is 24.6 Å². The van der Waals surface area contributed by atoms with Crippen LogP contribution < -0.4 is 4.74 Å². The third-order valence-corrected chi connectivity index (χ3v) is 5.45. The number of carbonyl (C=O) groups excluding carboxylic acids is 1. The van der Waals surface area contributed by atoms with Crippen molar-refractivity contribution in [3.63, 3.8) is 0 Å². The molecule has 2 atom stereocenters. The lowest BCUT2D eigenvalue weighted by atomic mass is 9.82. The summed E-state index contributed by atoms with van der Waals surface area (Å²) in [4.78, 5) is 12.5. The summed E-state index contributed by atoms with van der Waals surface area (Å²) < 4.78 is 82.6. The van der Waals surface area contributed by atoms with Crippen LogP contribution in [-0.2, 0) is 23.6 Å². The number of ketones is 1. The van der Waals surface area contributed by atoms with Crippen LogP contribution in [0.15, 0.2) is 48.5 Å². The average Bonchev–Trinajstić information content (AvgIpc) is 2.69. The minimum absolute atomic E-state index is 0.104. The van der Waals surface area contributed by atoms with E-state index in [1.54, 1.807) is 0 Å². The monoisotopic (exact) mass is 444 g/mol. The molecule has 1 aliphatic carbocycles. The van der Waals surface area contributed by atoms with Gasteiger partial charge in [0.25, 0.3) is 0 Å². The minimum atomic E-state index is -4.47. The average molecular weight is 444 g/mol. The zero-order valence-corrected chi connectivity index (χ0v) is 16.6. The Morgan fingerprint density at radius 1 is 0.871 bits per heavy atom. The second-order valence-corrected chi connectivity index (χ2v) is 7.84. The zero-order valence-electron chi connectivity index (χ0n) is 16.6. The van der Waals surface area contributed by atoms with Crippen molar-refractivity contribution >= 4 is 5.78 Å². The summed E-state index contributed by atoms with van der Waals surface area (Å²) in [5.41, 5.74) is -1.26. The zero-order chi connectivity index (χ0) is 22.6. The molecule has 0 bridgehead atoms. The molecule has 2 aromatic rings. The molecule has 8 heteroatoms. The van der Waals surface area contributed by atoms with E-state index >= 15 is 0 Å². The van der Waals surface area contributed by atoms with Crippen LogP contribution in [0.5, 0.6) is 5.75 Å². The van der Waals surface area contributed by atoms with Crippen molar-refractivity contribution in [1.29, 1.82) is 0 Å². The van der Waals surface area contributed by atoms with Gasteiger partial charge in [-0.2, -0.15) is 26.3 Å². The second kappa shape index (κ2) is 9.32. The molecule has 2 aromatic carbocycles. The number of benzene rings is 2. The lowest BCUT2D eigenvalue weighted by Gasteiger charge is -2.31. The van der Waals surface area contributed by atoms with Gasteiger partial charge in [0.05, 0.1) is 11.1 Å². The summed E-state index contributed by atoms with van der Waals surface area (Å²) >= 11 is 0. The maximum Gasteiger partial charge on any atom is 0.416 e. The molecule has 0 spiro atoms. The minimum Gasteiger partial charge on any atom is -0.490 e. The number of ether oxygens (including phenoxy) is 1. The van der Waals surface area contributed by atoms with E-state index in [1.807, 2.05) is 0 Å². The van der Waals surface area contributed by atoms with Crippen LogP contribution >= 0.6 is 0 Å². The van der Waals surface area contributed by atoms with Crippen molar-refractivity contribution in [3.8, 4) is 5.75 Å². The smallest absolute Gasteiger partial charge is 0.416 e. The molecule has 1 fully saturated rings. The van der Waals surface area contributed by atoms with Gasteiger partial charge in [-0.05, 0) is 55.2 Å². The third kappa shape index (κ3) is 6.48. The van der Waals surface area contributed by atoms with Gasteiger partial charge in [-0.3, -0.25) is 4.79 Å². The molecule has 0 aromatic heterocycles. The molecule has 0 saturated heterocycles. The van der Waals surface area contributed by atoms with Crippen LogP contribution in [0.2, 0.25) is 0 Å². The number of rotatable bonds is 6. The number of hydrogen-bond donors (Lipinski definition) is 0. The Balaban J connectivity index is 1.62. The van der Waals surface area contributed by atoms with Gasteiger partial charge in [0.1, 0.15) is 17.6 Å². The number of hydrogen-bond acceptors (Lipinski definition) is 2. The van der Waals surface area contributed by atoms with Gasteiger partial charge < -0.3 is 4.74 Å². The Kier molecular flexibility index (Phi) is 6.96. The molecule has 2 unspecified atom stereocenters. The van der Waals surface area contributed by atoms with Crippen LogP contribution in [0.3, 0.4) is 0 Å². The maximum absolute atomic E-state index is 12.9. The molecule has 0 aliphatic heterocycles. The fourth-order valence-electron chi connectivity index (χ4n) is 3.91. The molecule has 168 valence electrons. The first-order chi connectivity index (χ1) is 14.5. The van der Waals surface area contributed by atoms with Crippen molar-refractivity contribution < 1.29 is 35.9 Å². The Morgan fingerprint density at radius 3 is 2.16 bits per heavy atom. The number of halogens is 6. The van der Waals surface area contributed by atoms with Crippen LogP contribution in [-0.4, -0.2) is 11.9 Å². The molecular formula is C23H22F6O2. The first kappa shape index (κ1) is 23.2. The van der Waals surface area contributed by atoms with E-state index in [9.17, 15) is 31.1 Å². The Bertz CT molecular complexity index is 886. The van der Waals surface area contributed by atoms with Crippen molar-refractivity contribution in [3.05, 3.63) is 65.2 Å². The summed E-state index contributed by atoms with van der Waals surface area (Å²) in [5.74, 6) is -0.0168. The predicted octanol–water partition coefficient (Wildman–Crippen LogP) is 6.86. The molecule has 0 radical (unpaired) electrons. The summed E-state index contributed by atoms with van der Waals surface area (Å²) in [6, 6.07) is 9.14. The number of Topliss-reactive ketones (excluding diaryl/α,β-unsaturated/α-hetero) is 1. The molecule has 0 amide bonds. The van der Waals surface area contributed by atoms with Crippen molar-refractivity contribution in [2.75, 3.05) is 0 Å². The topological polar surface area (TPSA) is 26.3 Å². The van der Waals surface area contributed by atoms with E-state index < -0.39 is 23.5 Å². The highest BCUT2D eigenvalue weighted by molar-refractivity contribution is 5.81. The fourth-order valence-corrected chi connectivity index (χ4v) is 3.91. The Hall–Kier alpha value is -2.51. The summed E-state index contributed by atoms with van der Waals surface area (Å²) in [7, 11) is 0. The van der Waals surface area contributed by atoms with E-state index in [-0.39, 0.29) is 30.6 Å². The van der Waals surface area contributed by atoms with E-state index in [0.29, 0.717) is 17.7 Å². The van der Waals surface area contributed by atoms with Gasteiger partial charge in [-0.25, -0.2) is 0 Å². The number of alkyl halides is 6. The maximum atomic E-state index is 12.9. The normalized spacial score (nSPS) is 19.8. The summed E-state index contributed by atoms with van der Waals surface area (Å²) in [6.45, 7) is 0. The van der Waals surface area contributed by atoms with Gasteiger partial charge in [0, 0.05) is 18.8 Å². The van der Waals surface area contributed by atoms with Gasteiger partial charge in [0.15, 0.2) is 0 Å². The van der Waals surface area contributed by atoms with E-state index in [0.717, 1.165) is 43.5 Å². The summed E-state index contributed by atoms with van der Waals surface area (Å²) in [6.07, 6.45) is -6.00. The second-order valence-electron chi connectivity index (χ2n) is 7.84. The highest BCUT2D eigenvalue weighted by Gasteiger charge is 2.32. The SMILES string of the molecule is O=C(Cc1cccc(C(F)(F)F)c1)CC1CCCCC1Oc1ccc(C(F)(F)F)cc1. The predicted molar refractivity (Wildman–Crippen MR) is 103 cm³/mol. The van der Waals surface area contributed by atoms with Crippen LogP contribution in [0, 0.1) is 5.92 Å². The largest absolute Gasteiger partial charge is 0.490 e. The van der Waals surface area contributed by atoms with E-state index in [2.05, 4.69) is 0 Å². The van der Waals surface area contributed by atoms with Crippen LogP contribution in [0.25, 0.3) is 0 Å². The number of carbonyl (C=O) groups is 1. The van der Waals surface area contributed by atoms with E-state index in [4.69, 9.17) is 4.74 Å². The molecule has 1 saturated carbocycles. The standard InChI is InChI=1S/C23H22F6O2/c24-22(25,26)17-8-10-20(11-9-17)31-21-7-2-1-5-16(21)14-19(30)13-15-4-3-6-18(12-15)23(27,28)29/h3-4,6,8-12,16,21H,1-2,5,7,13-14H2. The molecule has 0 N–H and O–H groups in total. The first-order valence-corrected chi connectivity index (χ1v) is 10.0. The van der Waals surface area contributed by atoms with E-state index in [1.165, 1.54) is 24.3 Å². The van der Waals surface area contributed by atoms with Crippen LogP contribution in [0.1, 0.15) is 48.8 Å². The fraction of sp³-hybridized carbons (Fsp3) is 0.435. The van der Waals surface area contributed by atoms with Crippen molar-refractivity contribution in [2.45, 2.75) is 57.0 Å². The lowest BCUT2D eigenvalue weighted by Crippen LogP contribution is -2.32. The molecule has 0 heterocycles. The first-order valence-electron chi connectivity index (χ1n) is 10.0. The Labute approximate surface area is 176 Å². The highest BCUT2D eigenvalue weighted by atomic mass is 19.4. The molecule has 3 rings (SSSR count). The van der Waals surface area contributed by atoms with Gasteiger partial charge >= 0.3 is 12.4 Å². The van der Waals surface area contributed by atoms with Gasteiger partial charge in [-0.15, -0.1) is 0 Å². The van der Waals surface area contributed by atoms with Crippen molar-refractivity contribution in [1.82, 2.24) is 0 Å². The molecule has 31 heavy (non-hydrogen) atoms. The quantitative estimate of drug-likeness (QED) is 0.455. The molecule has 2 nitrogen and oxygen atoms in total. The lowest BCUT2D eigenvalue weighted by molar-refractivity contribution is -0.138. The van der Waals surface area contributed by atoms with Gasteiger partial charge in [0.2, 0.25) is 0 Å².